The highest BCUT2D eigenvalue weighted by molar-refractivity contribution is 5.79. The Morgan fingerprint density at radius 2 is 1.80 bits per heavy atom. The largest absolute Gasteiger partial charge is 0.376 e. The van der Waals surface area contributed by atoms with E-state index in [-0.39, 0.29) is 5.92 Å². The zero-order valence-electron chi connectivity index (χ0n) is 13.4. The second-order valence-corrected chi connectivity index (χ2v) is 7.80. The van der Waals surface area contributed by atoms with Crippen LogP contribution in [0.15, 0.2) is 0 Å². The quantitative estimate of drug-likeness (QED) is 0.776. The van der Waals surface area contributed by atoms with Crippen LogP contribution in [0, 0.1) is 17.3 Å². The van der Waals surface area contributed by atoms with Crippen molar-refractivity contribution in [2.24, 2.45) is 17.3 Å². The van der Waals surface area contributed by atoms with Gasteiger partial charge in [-0.2, -0.15) is 0 Å². The van der Waals surface area contributed by atoms with Crippen LogP contribution in [-0.2, 0) is 9.53 Å². The summed E-state index contributed by atoms with van der Waals surface area (Å²) < 4.78 is 5.81. The maximum Gasteiger partial charge on any atom is 0.225 e. The van der Waals surface area contributed by atoms with Crippen molar-refractivity contribution in [3.8, 4) is 0 Å². The molecule has 2 heterocycles. The van der Waals surface area contributed by atoms with Gasteiger partial charge in [0.1, 0.15) is 0 Å². The number of carbonyl (C=O) groups is 1. The summed E-state index contributed by atoms with van der Waals surface area (Å²) >= 11 is 0. The fraction of sp³-hybridized carbons (Fsp3) is 0.941. The minimum absolute atomic E-state index is 0.153. The van der Waals surface area contributed by atoms with Gasteiger partial charge in [-0.05, 0) is 64.2 Å². The van der Waals surface area contributed by atoms with Gasteiger partial charge in [-0.25, -0.2) is 0 Å². The molecule has 0 bridgehead atoms. The Balaban J connectivity index is 1.64. The van der Waals surface area contributed by atoms with Gasteiger partial charge in [-0.3, -0.25) is 4.79 Å². The number of rotatable bonds is 2. The fourth-order valence-electron chi connectivity index (χ4n) is 4.48. The highest BCUT2D eigenvalue weighted by Crippen LogP contribution is 2.55. The van der Waals surface area contributed by atoms with Crippen molar-refractivity contribution >= 4 is 5.91 Å². The lowest BCUT2D eigenvalue weighted by atomic mass is 9.82. The number of carbonyl (C=O) groups excluding carboxylic acids is 1. The van der Waals surface area contributed by atoms with E-state index in [4.69, 9.17) is 4.74 Å². The Kier molecular flexibility index (Phi) is 3.60. The Morgan fingerprint density at radius 1 is 1.20 bits per heavy atom. The van der Waals surface area contributed by atoms with Gasteiger partial charge in [-0.15, -0.1) is 0 Å². The lowest BCUT2D eigenvalue weighted by Crippen LogP contribution is -2.43. The second-order valence-electron chi connectivity index (χ2n) is 7.80. The zero-order chi connectivity index (χ0) is 14.5. The summed E-state index contributed by atoms with van der Waals surface area (Å²) in [7, 11) is 0. The summed E-state index contributed by atoms with van der Waals surface area (Å²) in [6, 6.07) is 0.446. The van der Waals surface area contributed by atoms with E-state index in [0.717, 1.165) is 19.4 Å². The number of hydrogen-bond acceptors (Lipinski definition) is 2. The molecule has 114 valence electrons. The van der Waals surface area contributed by atoms with E-state index in [9.17, 15) is 4.79 Å². The summed E-state index contributed by atoms with van der Waals surface area (Å²) in [6.07, 6.45) is 6.55. The van der Waals surface area contributed by atoms with Crippen LogP contribution in [0.4, 0.5) is 0 Å². The van der Waals surface area contributed by atoms with Crippen LogP contribution in [0.1, 0.15) is 59.8 Å². The van der Waals surface area contributed by atoms with Gasteiger partial charge in [0.05, 0.1) is 12.2 Å². The molecule has 20 heavy (non-hydrogen) atoms. The summed E-state index contributed by atoms with van der Waals surface area (Å²) in [5.41, 5.74) is 0.519. The standard InChI is InChI=1S/C17H29NO2/c1-11-9-17(5-6-17)10-18(11)16(19)14(4)15-7-12(2)20-13(3)8-15/h11-15H,5-10H2,1-4H3/t11-,12?,13?,14?,15?/m1/s1. The van der Waals surface area contributed by atoms with Crippen molar-refractivity contribution in [1.82, 2.24) is 4.90 Å². The predicted octanol–water partition coefficient (Wildman–Crippen LogP) is 3.23. The third kappa shape index (κ3) is 2.61. The molecule has 0 aromatic rings. The minimum Gasteiger partial charge on any atom is -0.376 e. The molecule has 1 aliphatic carbocycles. The Labute approximate surface area is 123 Å². The summed E-state index contributed by atoms with van der Waals surface area (Å²) in [5.74, 6) is 1.04. The number of amides is 1. The number of hydrogen-bond donors (Lipinski definition) is 0. The molecule has 4 atom stereocenters. The van der Waals surface area contributed by atoms with Crippen LogP contribution in [-0.4, -0.2) is 35.6 Å². The van der Waals surface area contributed by atoms with Crippen molar-refractivity contribution in [3.63, 3.8) is 0 Å². The predicted molar refractivity (Wildman–Crippen MR) is 79.4 cm³/mol. The molecule has 2 saturated heterocycles. The minimum atomic E-state index is 0.153. The zero-order valence-corrected chi connectivity index (χ0v) is 13.4. The third-order valence-electron chi connectivity index (χ3n) is 5.84. The molecule has 1 saturated carbocycles. The molecular weight excluding hydrogens is 250 g/mol. The highest BCUT2D eigenvalue weighted by atomic mass is 16.5. The molecule has 3 nitrogen and oxygen atoms in total. The molecule has 0 N–H and O–H groups in total. The first kappa shape index (κ1) is 14.4. The summed E-state index contributed by atoms with van der Waals surface area (Å²) in [5, 5.41) is 0. The normalized spacial score (nSPS) is 40.9. The van der Waals surface area contributed by atoms with Gasteiger partial charge >= 0.3 is 0 Å². The van der Waals surface area contributed by atoms with Crippen molar-refractivity contribution in [2.75, 3.05) is 6.54 Å². The third-order valence-corrected chi connectivity index (χ3v) is 5.84. The number of ether oxygens (including phenoxy) is 1. The van der Waals surface area contributed by atoms with Crippen LogP contribution in [0.25, 0.3) is 0 Å². The van der Waals surface area contributed by atoms with E-state index < -0.39 is 0 Å². The topological polar surface area (TPSA) is 29.5 Å². The van der Waals surface area contributed by atoms with E-state index in [1.807, 2.05) is 0 Å². The first-order valence-corrected chi connectivity index (χ1v) is 8.36. The first-order valence-electron chi connectivity index (χ1n) is 8.36. The molecule has 2 aliphatic heterocycles. The Morgan fingerprint density at radius 3 is 2.30 bits per heavy atom. The molecule has 1 spiro atoms. The van der Waals surface area contributed by atoms with Gasteiger partial charge in [0, 0.05) is 18.5 Å². The van der Waals surface area contributed by atoms with E-state index in [1.54, 1.807) is 0 Å². The Bertz CT molecular complexity index is 380. The average molecular weight is 279 g/mol. The van der Waals surface area contributed by atoms with Gasteiger partial charge < -0.3 is 9.64 Å². The molecule has 1 amide bonds. The van der Waals surface area contributed by atoms with Gasteiger partial charge in [-0.1, -0.05) is 6.92 Å². The summed E-state index contributed by atoms with van der Waals surface area (Å²) in [4.78, 5) is 15.1. The van der Waals surface area contributed by atoms with Crippen LogP contribution in [0.3, 0.4) is 0 Å². The Hall–Kier alpha value is -0.570. The molecule has 3 fully saturated rings. The van der Waals surface area contributed by atoms with Gasteiger partial charge in [0.2, 0.25) is 5.91 Å². The second kappa shape index (κ2) is 5.01. The molecule has 0 radical (unpaired) electrons. The molecule has 3 heteroatoms. The fourth-order valence-corrected chi connectivity index (χ4v) is 4.48. The van der Waals surface area contributed by atoms with Gasteiger partial charge in [0.15, 0.2) is 0 Å². The lowest BCUT2D eigenvalue weighted by molar-refractivity contribution is -0.140. The smallest absolute Gasteiger partial charge is 0.225 e. The van der Waals surface area contributed by atoms with Crippen molar-refractivity contribution in [3.05, 3.63) is 0 Å². The number of nitrogens with zero attached hydrogens (tertiary/aromatic N) is 1. The SMILES string of the molecule is CC1CC(C(C)C(=O)N2CC3(CC3)C[C@H]2C)CC(C)O1. The van der Waals surface area contributed by atoms with Crippen LogP contribution in [0.2, 0.25) is 0 Å². The molecule has 3 unspecified atom stereocenters. The van der Waals surface area contributed by atoms with Gasteiger partial charge in [0.25, 0.3) is 0 Å². The maximum atomic E-state index is 12.9. The molecule has 3 rings (SSSR count). The van der Waals surface area contributed by atoms with Crippen LogP contribution in [0.5, 0.6) is 0 Å². The van der Waals surface area contributed by atoms with Crippen molar-refractivity contribution in [2.45, 2.75) is 78.0 Å². The lowest BCUT2D eigenvalue weighted by Gasteiger charge is -2.37. The van der Waals surface area contributed by atoms with Crippen molar-refractivity contribution in [1.29, 1.82) is 0 Å². The van der Waals surface area contributed by atoms with E-state index >= 15 is 0 Å². The molecular formula is C17H29NO2. The number of likely N-dealkylation sites (tertiary alicyclic amines) is 1. The maximum absolute atomic E-state index is 12.9. The van der Waals surface area contributed by atoms with E-state index in [1.165, 1.54) is 19.3 Å². The van der Waals surface area contributed by atoms with E-state index in [0.29, 0.717) is 35.5 Å². The molecule has 0 aromatic heterocycles. The van der Waals surface area contributed by atoms with Crippen molar-refractivity contribution < 1.29 is 9.53 Å². The summed E-state index contributed by atoms with van der Waals surface area (Å²) in [6.45, 7) is 9.66. The monoisotopic (exact) mass is 279 g/mol. The van der Waals surface area contributed by atoms with E-state index in [2.05, 4.69) is 32.6 Å². The van der Waals surface area contributed by atoms with Crippen LogP contribution < -0.4 is 0 Å². The average Bonchev–Trinajstić information content (AvgIpc) is 3.03. The molecule has 3 aliphatic rings. The first-order chi connectivity index (χ1) is 9.40. The highest BCUT2D eigenvalue weighted by Gasteiger charge is 2.52. The molecule has 0 aromatic carbocycles. The van der Waals surface area contributed by atoms with Crippen LogP contribution >= 0.6 is 0 Å².